The molecule has 3 rings (SSSR count). The molecule has 0 aliphatic rings. The van der Waals surface area contributed by atoms with Crippen LogP contribution < -0.4 is 0 Å². The lowest BCUT2D eigenvalue weighted by Crippen LogP contribution is -2.00. The number of nitrogens with zero attached hydrogens (tertiary/aromatic N) is 2. The number of fused-ring (bicyclic) bond motifs is 1. The van der Waals surface area contributed by atoms with Gasteiger partial charge in [-0.25, -0.2) is 9.37 Å². The summed E-state index contributed by atoms with van der Waals surface area (Å²) in [5, 5.41) is 0.614. The molecule has 2 aromatic carbocycles. The highest BCUT2D eigenvalue weighted by atomic mass is 79.9. The van der Waals surface area contributed by atoms with Crippen LogP contribution in [0.1, 0.15) is 5.82 Å². The Bertz CT molecular complexity index is 801. The number of hydrogen-bond donors (Lipinski definition) is 0. The van der Waals surface area contributed by atoms with Gasteiger partial charge in [-0.15, -0.1) is 11.6 Å². The molecule has 0 bridgehead atoms. The van der Waals surface area contributed by atoms with E-state index in [0.717, 1.165) is 10.2 Å². The fourth-order valence-corrected chi connectivity index (χ4v) is 3.17. The molecule has 102 valence electrons. The lowest BCUT2D eigenvalue weighted by molar-refractivity contribution is 0.637. The minimum atomic E-state index is -0.363. The third-order valence-electron chi connectivity index (χ3n) is 2.98. The molecule has 6 heteroatoms. The van der Waals surface area contributed by atoms with Crippen molar-refractivity contribution in [3.8, 4) is 5.69 Å². The second-order valence-electron chi connectivity index (χ2n) is 4.20. The smallest absolute Gasteiger partial charge is 0.151 e. The van der Waals surface area contributed by atoms with Crippen molar-refractivity contribution in [2.24, 2.45) is 0 Å². The van der Waals surface area contributed by atoms with Gasteiger partial charge in [-0.3, -0.25) is 4.57 Å². The molecule has 1 heterocycles. The van der Waals surface area contributed by atoms with Gasteiger partial charge in [0.05, 0.1) is 17.1 Å². The minimum absolute atomic E-state index is 0.184. The molecule has 0 saturated carbocycles. The molecule has 0 atom stereocenters. The Morgan fingerprint density at radius 2 is 2.05 bits per heavy atom. The summed E-state index contributed by atoms with van der Waals surface area (Å²) in [6.07, 6.45) is 0. The number of aromatic nitrogens is 2. The Labute approximate surface area is 133 Å². The molecule has 0 aliphatic heterocycles. The lowest BCUT2D eigenvalue weighted by atomic mass is 10.2. The van der Waals surface area contributed by atoms with Gasteiger partial charge in [-0.05, 0) is 46.3 Å². The number of halogens is 4. The zero-order chi connectivity index (χ0) is 14.3. The Kier molecular flexibility index (Phi) is 3.71. The molecular weight excluding hydrogens is 366 g/mol. The summed E-state index contributed by atoms with van der Waals surface area (Å²) in [6, 6.07) is 10.2. The van der Waals surface area contributed by atoms with E-state index in [9.17, 15) is 4.39 Å². The van der Waals surface area contributed by atoms with Crippen molar-refractivity contribution in [2.45, 2.75) is 5.88 Å². The first-order valence-corrected chi connectivity index (χ1v) is 7.49. The van der Waals surface area contributed by atoms with Crippen LogP contribution in [0, 0.1) is 5.82 Å². The van der Waals surface area contributed by atoms with E-state index in [-0.39, 0.29) is 11.7 Å². The highest BCUT2D eigenvalue weighted by Crippen LogP contribution is 2.30. The van der Waals surface area contributed by atoms with Gasteiger partial charge in [0, 0.05) is 9.50 Å². The van der Waals surface area contributed by atoms with Gasteiger partial charge < -0.3 is 0 Å². The standard InChI is InChI=1S/C14H8BrCl2FN2/c15-9-6-8(17)4-5-11(9)20-12-3-1-2-10(18)14(12)19-13(20)7-16/h1-6H,7H2. The summed E-state index contributed by atoms with van der Waals surface area (Å²) in [7, 11) is 0. The van der Waals surface area contributed by atoms with Gasteiger partial charge >= 0.3 is 0 Å². The van der Waals surface area contributed by atoms with E-state index in [0.29, 0.717) is 21.9 Å². The Hall–Kier alpha value is -1.10. The molecule has 20 heavy (non-hydrogen) atoms. The predicted molar refractivity (Wildman–Crippen MR) is 83.3 cm³/mol. The summed E-state index contributed by atoms with van der Waals surface area (Å²) in [4.78, 5) is 4.27. The molecule has 3 aromatic rings. The van der Waals surface area contributed by atoms with Gasteiger partial charge in [-0.1, -0.05) is 17.7 Å². The largest absolute Gasteiger partial charge is 0.294 e. The van der Waals surface area contributed by atoms with Crippen molar-refractivity contribution < 1.29 is 4.39 Å². The first-order valence-electron chi connectivity index (χ1n) is 5.79. The summed E-state index contributed by atoms with van der Waals surface area (Å²) < 4.78 is 16.5. The van der Waals surface area contributed by atoms with E-state index >= 15 is 0 Å². The van der Waals surface area contributed by atoms with Crippen LogP contribution in [0.4, 0.5) is 4.39 Å². The molecular formula is C14H8BrCl2FN2. The molecule has 0 spiro atoms. The minimum Gasteiger partial charge on any atom is -0.294 e. The fourth-order valence-electron chi connectivity index (χ4n) is 2.13. The number of para-hydroxylation sites is 1. The first-order chi connectivity index (χ1) is 9.61. The van der Waals surface area contributed by atoms with Gasteiger partial charge in [-0.2, -0.15) is 0 Å². The summed E-state index contributed by atoms with van der Waals surface area (Å²) >= 11 is 15.4. The van der Waals surface area contributed by atoms with Crippen molar-refractivity contribution in [2.75, 3.05) is 0 Å². The Morgan fingerprint density at radius 3 is 2.75 bits per heavy atom. The number of rotatable bonds is 2. The second-order valence-corrected chi connectivity index (χ2v) is 5.76. The zero-order valence-corrected chi connectivity index (χ0v) is 13.2. The fraction of sp³-hybridized carbons (Fsp3) is 0.0714. The van der Waals surface area contributed by atoms with Gasteiger partial charge in [0.25, 0.3) is 0 Å². The molecule has 0 aliphatic carbocycles. The summed E-state index contributed by atoms with van der Waals surface area (Å²) in [5.41, 5.74) is 1.80. The quantitative estimate of drug-likeness (QED) is 0.556. The SMILES string of the molecule is Fc1cccc2c1nc(CCl)n2-c1ccc(Cl)cc1Br. The Balaban J connectivity index is 2.37. The van der Waals surface area contributed by atoms with Crippen LogP contribution in [-0.4, -0.2) is 9.55 Å². The highest BCUT2D eigenvalue weighted by Gasteiger charge is 2.16. The average molecular weight is 374 g/mol. The maximum absolute atomic E-state index is 13.8. The molecule has 0 N–H and O–H groups in total. The van der Waals surface area contributed by atoms with Gasteiger partial charge in [0.1, 0.15) is 11.3 Å². The van der Waals surface area contributed by atoms with Crippen molar-refractivity contribution in [3.05, 3.63) is 57.5 Å². The number of hydrogen-bond acceptors (Lipinski definition) is 1. The van der Waals surface area contributed by atoms with Crippen LogP contribution >= 0.6 is 39.1 Å². The van der Waals surface area contributed by atoms with Crippen molar-refractivity contribution in [1.29, 1.82) is 0 Å². The van der Waals surface area contributed by atoms with Crippen LogP contribution in [0.15, 0.2) is 40.9 Å². The summed E-state index contributed by atoms with van der Waals surface area (Å²) in [5.74, 6) is 0.399. The maximum atomic E-state index is 13.8. The second kappa shape index (κ2) is 5.35. The monoisotopic (exact) mass is 372 g/mol. The number of alkyl halides is 1. The van der Waals surface area contributed by atoms with Crippen LogP contribution in [0.5, 0.6) is 0 Å². The molecule has 0 unspecified atom stereocenters. The van der Waals surface area contributed by atoms with E-state index < -0.39 is 0 Å². The molecule has 0 saturated heterocycles. The van der Waals surface area contributed by atoms with E-state index in [1.54, 1.807) is 18.2 Å². The van der Waals surface area contributed by atoms with Crippen molar-refractivity contribution in [3.63, 3.8) is 0 Å². The van der Waals surface area contributed by atoms with Gasteiger partial charge in [0.15, 0.2) is 5.82 Å². The van der Waals surface area contributed by atoms with E-state index in [4.69, 9.17) is 23.2 Å². The third kappa shape index (κ3) is 2.22. The number of imidazole rings is 1. The van der Waals surface area contributed by atoms with Crippen LogP contribution in [-0.2, 0) is 5.88 Å². The molecule has 0 fully saturated rings. The number of benzene rings is 2. The Morgan fingerprint density at radius 1 is 1.25 bits per heavy atom. The third-order valence-corrected chi connectivity index (χ3v) is 4.08. The van der Waals surface area contributed by atoms with E-state index in [1.165, 1.54) is 6.07 Å². The molecule has 0 radical (unpaired) electrons. The van der Waals surface area contributed by atoms with Crippen molar-refractivity contribution >= 4 is 50.2 Å². The molecule has 2 nitrogen and oxygen atoms in total. The van der Waals surface area contributed by atoms with Crippen molar-refractivity contribution in [1.82, 2.24) is 9.55 Å². The van der Waals surface area contributed by atoms with Gasteiger partial charge in [0.2, 0.25) is 0 Å². The predicted octanol–water partition coefficient (Wildman–Crippen LogP) is 5.32. The zero-order valence-electron chi connectivity index (χ0n) is 10.1. The maximum Gasteiger partial charge on any atom is 0.151 e. The summed E-state index contributed by atoms with van der Waals surface area (Å²) in [6.45, 7) is 0. The topological polar surface area (TPSA) is 17.8 Å². The molecule has 0 amide bonds. The van der Waals surface area contributed by atoms with E-state index in [1.807, 2.05) is 16.7 Å². The highest BCUT2D eigenvalue weighted by molar-refractivity contribution is 9.10. The van der Waals surface area contributed by atoms with E-state index in [2.05, 4.69) is 20.9 Å². The first kappa shape index (κ1) is 13.9. The van der Waals surface area contributed by atoms with Crippen LogP contribution in [0.2, 0.25) is 5.02 Å². The van der Waals surface area contributed by atoms with Crippen LogP contribution in [0.25, 0.3) is 16.7 Å². The average Bonchev–Trinajstić information content (AvgIpc) is 2.79. The molecule has 1 aromatic heterocycles. The normalized spacial score (nSPS) is 11.2. The van der Waals surface area contributed by atoms with Crippen LogP contribution in [0.3, 0.4) is 0 Å². The lowest BCUT2D eigenvalue weighted by Gasteiger charge is -2.10.